The number of hydrogen-bond donors (Lipinski definition) is 1. The van der Waals surface area contributed by atoms with Gasteiger partial charge in [0.25, 0.3) is 5.56 Å². The molecule has 0 saturated heterocycles. The molecule has 188 valence electrons. The molecule has 0 radical (unpaired) electrons. The number of carbonyl (C=O) groups is 1. The number of pyridine rings is 1. The number of hydrogen-bond acceptors (Lipinski definition) is 5. The zero-order valence-electron chi connectivity index (χ0n) is 20.1. The minimum absolute atomic E-state index is 0.0534. The number of primary sulfonamides is 1. The number of aromatic nitrogens is 3. The van der Waals surface area contributed by atoms with Crippen molar-refractivity contribution in [3.05, 3.63) is 82.3 Å². The number of halogens is 1. The summed E-state index contributed by atoms with van der Waals surface area (Å²) in [5.41, 5.74) is 1.42. The Balaban J connectivity index is 1.80. The second-order valence-electron chi connectivity index (χ2n) is 8.75. The van der Waals surface area contributed by atoms with Gasteiger partial charge in [-0.25, -0.2) is 22.9 Å². The molecule has 0 aliphatic rings. The molecule has 0 spiro atoms. The van der Waals surface area contributed by atoms with Gasteiger partial charge >= 0.3 is 0 Å². The van der Waals surface area contributed by atoms with Crippen molar-refractivity contribution in [2.24, 2.45) is 5.14 Å². The summed E-state index contributed by atoms with van der Waals surface area (Å²) >= 11 is 0. The van der Waals surface area contributed by atoms with Gasteiger partial charge in [0.15, 0.2) is 0 Å². The molecular formula is C26H27FN4O4S. The highest BCUT2D eigenvalue weighted by Crippen LogP contribution is 2.28. The monoisotopic (exact) mass is 510 g/mol. The fourth-order valence-corrected chi connectivity index (χ4v) is 5.01. The van der Waals surface area contributed by atoms with E-state index in [0.717, 1.165) is 12.8 Å². The van der Waals surface area contributed by atoms with Crippen molar-refractivity contribution in [1.82, 2.24) is 14.1 Å². The summed E-state index contributed by atoms with van der Waals surface area (Å²) < 4.78 is 42.4. The number of rotatable bonds is 9. The number of nitrogens with two attached hydrogens (primary N) is 1. The molecule has 4 rings (SSSR count). The van der Waals surface area contributed by atoms with Crippen LogP contribution in [0.15, 0.2) is 64.4 Å². The first kappa shape index (κ1) is 25.5. The van der Waals surface area contributed by atoms with Gasteiger partial charge < -0.3 is 9.13 Å². The molecule has 2 N–H and O–H groups in total. The lowest BCUT2D eigenvalue weighted by molar-refractivity contribution is -0.117. The first-order valence-electron chi connectivity index (χ1n) is 11.6. The summed E-state index contributed by atoms with van der Waals surface area (Å²) in [5.74, 6) is -0.0530. The number of unbranched alkanes of at least 4 members (excludes halogenated alkanes) is 1. The van der Waals surface area contributed by atoms with Gasteiger partial charge in [-0.05, 0) is 37.1 Å². The number of Topliss-reactive ketones (excluding diaryl/α,β-unsaturated/α-hetero) is 1. The second-order valence-corrected chi connectivity index (χ2v) is 10.3. The van der Waals surface area contributed by atoms with E-state index in [1.807, 2.05) is 6.92 Å². The van der Waals surface area contributed by atoms with Gasteiger partial charge in [0, 0.05) is 23.7 Å². The highest BCUT2D eigenvalue weighted by Gasteiger charge is 2.19. The third-order valence-electron chi connectivity index (χ3n) is 5.98. The zero-order chi connectivity index (χ0) is 26.0. The van der Waals surface area contributed by atoms with E-state index in [2.05, 4.69) is 4.98 Å². The van der Waals surface area contributed by atoms with Crippen molar-refractivity contribution >= 4 is 26.8 Å². The van der Waals surface area contributed by atoms with Crippen LogP contribution in [0.1, 0.15) is 38.1 Å². The lowest BCUT2D eigenvalue weighted by atomic mass is 10.0. The van der Waals surface area contributed by atoms with E-state index in [0.29, 0.717) is 40.0 Å². The van der Waals surface area contributed by atoms with Gasteiger partial charge in [-0.15, -0.1) is 0 Å². The molecule has 0 bridgehead atoms. The molecule has 0 fully saturated rings. The Morgan fingerprint density at radius 2 is 1.89 bits per heavy atom. The standard InChI is InChI=1S/C26H27FN4O4S/c1-3-4-9-24-29-22-12-13-30(15-17(2)32)26(33)25(22)31(24)16-19-11-10-18(14-21(19)27)20-7-5-6-8-23(20)36(28,34)35/h5-8,10-14H,3-4,9,15-16H2,1-2H3,(H2,28,34,35). The predicted octanol–water partition coefficient (Wildman–Crippen LogP) is 3.63. The summed E-state index contributed by atoms with van der Waals surface area (Å²) in [6.07, 6.45) is 3.92. The van der Waals surface area contributed by atoms with Crippen molar-refractivity contribution in [2.45, 2.75) is 51.1 Å². The maximum atomic E-state index is 15.3. The maximum Gasteiger partial charge on any atom is 0.277 e. The molecule has 8 nitrogen and oxygen atoms in total. The Morgan fingerprint density at radius 3 is 2.56 bits per heavy atom. The Labute approximate surface area is 208 Å². The number of fused-ring (bicyclic) bond motifs is 1. The van der Waals surface area contributed by atoms with E-state index in [-0.39, 0.29) is 29.3 Å². The fraction of sp³-hybridized carbons (Fsp3) is 0.269. The van der Waals surface area contributed by atoms with Gasteiger partial charge in [0.2, 0.25) is 10.0 Å². The average Bonchev–Trinajstić information content (AvgIpc) is 3.18. The number of carbonyl (C=O) groups excluding carboxylic acids is 1. The number of aryl methyl sites for hydroxylation is 1. The SMILES string of the molecule is CCCCc1nc2ccn(CC(C)=O)c(=O)c2n1Cc1ccc(-c2ccccc2S(N)(=O)=O)cc1F. The number of sulfonamides is 1. The van der Waals surface area contributed by atoms with Crippen molar-refractivity contribution in [2.75, 3.05) is 0 Å². The minimum Gasteiger partial charge on any atom is -0.319 e. The first-order chi connectivity index (χ1) is 17.1. The lowest BCUT2D eigenvalue weighted by Gasteiger charge is -2.13. The van der Waals surface area contributed by atoms with Gasteiger partial charge in [-0.2, -0.15) is 0 Å². The third-order valence-corrected chi connectivity index (χ3v) is 6.95. The van der Waals surface area contributed by atoms with E-state index in [1.54, 1.807) is 47.2 Å². The largest absolute Gasteiger partial charge is 0.319 e. The van der Waals surface area contributed by atoms with Crippen LogP contribution in [0.5, 0.6) is 0 Å². The maximum absolute atomic E-state index is 15.3. The topological polar surface area (TPSA) is 117 Å². The van der Waals surface area contributed by atoms with Gasteiger partial charge in [-0.1, -0.05) is 43.7 Å². The summed E-state index contributed by atoms with van der Waals surface area (Å²) in [5, 5.41) is 5.33. The lowest BCUT2D eigenvalue weighted by Crippen LogP contribution is -2.24. The zero-order valence-corrected chi connectivity index (χ0v) is 20.9. The highest BCUT2D eigenvalue weighted by atomic mass is 32.2. The molecule has 0 saturated carbocycles. The number of benzene rings is 2. The summed E-state index contributed by atoms with van der Waals surface area (Å²) in [7, 11) is -4.00. The van der Waals surface area contributed by atoms with Gasteiger partial charge in [0.1, 0.15) is 22.9 Å². The quantitative estimate of drug-likeness (QED) is 0.369. The number of nitrogens with zero attached hydrogens (tertiary/aromatic N) is 3. The summed E-state index contributed by atoms with van der Waals surface area (Å²) in [6.45, 7) is 3.45. The van der Waals surface area contributed by atoms with Crippen LogP contribution in [0.25, 0.3) is 22.2 Å². The summed E-state index contributed by atoms with van der Waals surface area (Å²) in [4.78, 5) is 29.4. The first-order valence-corrected chi connectivity index (χ1v) is 13.1. The Kier molecular flexibility index (Phi) is 7.18. The van der Waals surface area contributed by atoms with Gasteiger partial charge in [0.05, 0.1) is 23.5 Å². The van der Waals surface area contributed by atoms with E-state index < -0.39 is 15.8 Å². The van der Waals surface area contributed by atoms with Crippen LogP contribution in [0.4, 0.5) is 4.39 Å². The molecule has 4 aromatic rings. The highest BCUT2D eigenvalue weighted by molar-refractivity contribution is 7.89. The van der Waals surface area contributed by atoms with Crippen LogP contribution in [0, 0.1) is 5.82 Å². The number of imidazole rings is 1. The second kappa shape index (κ2) is 10.2. The molecular weight excluding hydrogens is 483 g/mol. The minimum atomic E-state index is -4.00. The Morgan fingerprint density at radius 1 is 1.14 bits per heavy atom. The molecule has 2 aromatic carbocycles. The third kappa shape index (κ3) is 5.14. The molecule has 2 aromatic heterocycles. The van der Waals surface area contributed by atoms with Gasteiger partial charge in [-0.3, -0.25) is 9.59 Å². The van der Waals surface area contributed by atoms with Crippen molar-refractivity contribution in [1.29, 1.82) is 0 Å². The molecule has 10 heteroatoms. The summed E-state index contributed by atoms with van der Waals surface area (Å²) in [6, 6.07) is 12.3. The molecule has 36 heavy (non-hydrogen) atoms. The number of ketones is 1. The normalized spacial score (nSPS) is 11.8. The smallest absolute Gasteiger partial charge is 0.277 e. The van der Waals surface area contributed by atoms with Crippen LogP contribution in [-0.4, -0.2) is 28.3 Å². The predicted molar refractivity (Wildman–Crippen MR) is 136 cm³/mol. The molecule has 0 aliphatic heterocycles. The van der Waals surface area contributed by atoms with Crippen LogP contribution >= 0.6 is 0 Å². The average molecular weight is 511 g/mol. The van der Waals surface area contributed by atoms with Crippen molar-refractivity contribution in [3.63, 3.8) is 0 Å². The molecule has 0 unspecified atom stereocenters. The molecule has 0 aliphatic carbocycles. The van der Waals surface area contributed by atoms with E-state index >= 15 is 4.39 Å². The Hall–Kier alpha value is -3.63. The van der Waals surface area contributed by atoms with Crippen LogP contribution in [-0.2, 0) is 34.3 Å². The fourth-order valence-electron chi connectivity index (χ4n) is 4.25. The van der Waals surface area contributed by atoms with E-state index in [9.17, 15) is 18.0 Å². The van der Waals surface area contributed by atoms with Crippen molar-refractivity contribution < 1.29 is 17.6 Å². The molecule has 0 amide bonds. The molecule has 2 heterocycles. The molecule has 0 atom stereocenters. The van der Waals surface area contributed by atoms with Crippen LogP contribution in [0.2, 0.25) is 0 Å². The van der Waals surface area contributed by atoms with Crippen LogP contribution < -0.4 is 10.7 Å². The van der Waals surface area contributed by atoms with Crippen molar-refractivity contribution in [3.8, 4) is 11.1 Å². The van der Waals surface area contributed by atoms with E-state index in [1.165, 1.54) is 23.6 Å². The van der Waals surface area contributed by atoms with Crippen LogP contribution in [0.3, 0.4) is 0 Å². The Bertz CT molecular complexity index is 1620. The van der Waals surface area contributed by atoms with E-state index in [4.69, 9.17) is 5.14 Å².